The maximum Gasteiger partial charge on any atom is 0.251 e. The standard InChI is InChI=1S/C20H23FN6O2/c1-11(25-26-23)16(22)19(29)27-10-20(2,3)17-15(27)9-13(18(28)24-17)8-12-4-6-14(21)7-5-12/h4-7,9,11,16H,8,10,22H2,1-3H3,(H,24,28)/t11-,16-/m0/s1. The molecule has 0 unspecified atom stereocenters. The maximum atomic E-state index is 13.2. The molecule has 1 aliphatic rings. The minimum atomic E-state index is -1.000. The fourth-order valence-electron chi connectivity index (χ4n) is 3.54. The zero-order chi connectivity index (χ0) is 21.3. The third-order valence-corrected chi connectivity index (χ3v) is 5.23. The maximum absolute atomic E-state index is 13.2. The van der Waals surface area contributed by atoms with Crippen molar-refractivity contribution in [2.75, 3.05) is 11.4 Å². The molecule has 29 heavy (non-hydrogen) atoms. The highest BCUT2D eigenvalue weighted by molar-refractivity contribution is 5.99. The van der Waals surface area contributed by atoms with Gasteiger partial charge in [-0.3, -0.25) is 9.59 Å². The lowest BCUT2D eigenvalue weighted by Gasteiger charge is -2.25. The van der Waals surface area contributed by atoms with E-state index in [4.69, 9.17) is 11.3 Å². The molecule has 9 heteroatoms. The number of rotatable bonds is 5. The van der Waals surface area contributed by atoms with Crippen LogP contribution in [0.25, 0.3) is 10.4 Å². The number of hydrogen-bond acceptors (Lipinski definition) is 4. The van der Waals surface area contributed by atoms with Crippen molar-refractivity contribution < 1.29 is 9.18 Å². The number of nitrogens with one attached hydrogen (secondary N) is 1. The summed E-state index contributed by atoms with van der Waals surface area (Å²) in [6, 6.07) is 5.90. The van der Waals surface area contributed by atoms with Crippen molar-refractivity contribution in [1.29, 1.82) is 0 Å². The first-order valence-corrected chi connectivity index (χ1v) is 9.26. The van der Waals surface area contributed by atoms with Gasteiger partial charge in [0.1, 0.15) is 5.82 Å². The van der Waals surface area contributed by atoms with Crippen molar-refractivity contribution in [1.82, 2.24) is 4.98 Å². The summed E-state index contributed by atoms with van der Waals surface area (Å²) >= 11 is 0. The second-order valence-corrected chi connectivity index (χ2v) is 7.97. The van der Waals surface area contributed by atoms with Crippen LogP contribution in [0.4, 0.5) is 10.1 Å². The van der Waals surface area contributed by atoms with E-state index in [2.05, 4.69) is 15.0 Å². The van der Waals surface area contributed by atoms with Crippen LogP contribution < -0.4 is 16.2 Å². The Bertz CT molecular complexity index is 1040. The summed E-state index contributed by atoms with van der Waals surface area (Å²) in [6.45, 7) is 5.78. The Labute approximate surface area is 167 Å². The summed E-state index contributed by atoms with van der Waals surface area (Å²) in [7, 11) is 0. The number of nitrogens with zero attached hydrogens (tertiary/aromatic N) is 4. The molecule has 0 radical (unpaired) electrons. The third kappa shape index (κ3) is 4.01. The van der Waals surface area contributed by atoms with E-state index in [0.29, 0.717) is 29.9 Å². The molecule has 0 saturated heterocycles. The number of carbonyl (C=O) groups is 1. The highest BCUT2D eigenvalue weighted by atomic mass is 19.1. The predicted molar refractivity (Wildman–Crippen MR) is 108 cm³/mol. The van der Waals surface area contributed by atoms with Gasteiger partial charge in [0, 0.05) is 34.5 Å². The van der Waals surface area contributed by atoms with Crippen LogP contribution in [0, 0.1) is 5.82 Å². The first-order chi connectivity index (χ1) is 13.6. The van der Waals surface area contributed by atoms with Gasteiger partial charge >= 0.3 is 0 Å². The molecule has 0 fully saturated rings. The molecule has 3 rings (SSSR count). The number of aromatic amines is 1. The smallest absolute Gasteiger partial charge is 0.251 e. The summed E-state index contributed by atoms with van der Waals surface area (Å²) in [5.74, 6) is -0.727. The fraction of sp³-hybridized carbons (Fsp3) is 0.400. The zero-order valence-electron chi connectivity index (χ0n) is 16.5. The predicted octanol–water partition coefficient (Wildman–Crippen LogP) is 2.76. The summed E-state index contributed by atoms with van der Waals surface area (Å²) in [4.78, 5) is 32.8. The molecule has 1 aliphatic heterocycles. The normalized spacial score (nSPS) is 16.7. The molecule has 0 saturated carbocycles. The van der Waals surface area contributed by atoms with Crippen molar-refractivity contribution in [2.45, 2.75) is 44.7 Å². The van der Waals surface area contributed by atoms with Crippen LogP contribution in [0.3, 0.4) is 0 Å². The average Bonchev–Trinajstić information content (AvgIpc) is 2.93. The molecule has 3 N–H and O–H groups in total. The Morgan fingerprint density at radius 3 is 2.69 bits per heavy atom. The molecule has 0 bridgehead atoms. The van der Waals surface area contributed by atoms with Crippen LogP contribution in [0.1, 0.15) is 37.6 Å². The Morgan fingerprint density at radius 2 is 2.07 bits per heavy atom. The van der Waals surface area contributed by atoms with Crippen LogP contribution in [-0.4, -0.2) is 29.5 Å². The number of carbonyl (C=O) groups excluding carboxylic acids is 1. The Hall–Kier alpha value is -3.16. The van der Waals surface area contributed by atoms with Gasteiger partial charge in [-0.05, 0) is 29.3 Å². The van der Waals surface area contributed by atoms with Crippen LogP contribution in [0.2, 0.25) is 0 Å². The summed E-state index contributed by atoms with van der Waals surface area (Å²) < 4.78 is 13.2. The third-order valence-electron chi connectivity index (χ3n) is 5.23. The number of amides is 1. The van der Waals surface area contributed by atoms with Gasteiger partial charge in [0.2, 0.25) is 5.91 Å². The number of nitrogens with two attached hydrogens (primary N) is 1. The van der Waals surface area contributed by atoms with Gasteiger partial charge in [0.05, 0.1) is 17.8 Å². The monoisotopic (exact) mass is 398 g/mol. The second-order valence-electron chi connectivity index (χ2n) is 7.97. The molecule has 0 aliphatic carbocycles. The number of H-pyrrole nitrogens is 1. The van der Waals surface area contributed by atoms with Gasteiger partial charge in [0.15, 0.2) is 0 Å². The molecule has 2 heterocycles. The highest BCUT2D eigenvalue weighted by Gasteiger charge is 2.41. The number of halogens is 1. The van der Waals surface area contributed by atoms with Crippen molar-refractivity contribution >= 4 is 11.6 Å². The quantitative estimate of drug-likeness (QED) is 0.456. The van der Waals surface area contributed by atoms with Crippen LogP contribution in [0.15, 0.2) is 40.2 Å². The molecule has 8 nitrogen and oxygen atoms in total. The van der Waals surface area contributed by atoms with Gasteiger partial charge in [-0.1, -0.05) is 38.0 Å². The molecule has 1 aromatic heterocycles. The Balaban J connectivity index is 1.99. The minimum absolute atomic E-state index is 0.248. The molecule has 2 atom stereocenters. The molecule has 0 spiro atoms. The highest BCUT2D eigenvalue weighted by Crippen LogP contribution is 2.39. The van der Waals surface area contributed by atoms with Gasteiger partial charge < -0.3 is 15.6 Å². The lowest BCUT2D eigenvalue weighted by molar-refractivity contribution is -0.120. The number of aromatic nitrogens is 1. The lowest BCUT2D eigenvalue weighted by Crippen LogP contribution is -2.49. The number of pyridine rings is 1. The van der Waals surface area contributed by atoms with Crippen LogP contribution >= 0.6 is 0 Å². The van der Waals surface area contributed by atoms with E-state index in [9.17, 15) is 14.0 Å². The van der Waals surface area contributed by atoms with Crippen molar-refractivity contribution in [3.63, 3.8) is 0 Å². The Morgan fingerprint density at radius 1 is 1.41 bits per heavy atom. The topological polar surface area (TPSA) is 128 Å². The van der Waals surface area contributed by atoms with Gasteiger partial charge in [-0.15, -0.1) is 0 Å². The molecular weight excluding hydrogens is 375 g/mol. The number of benzene rings is 1. The lowest BCUT2D eigenvalue weighted by atomic mass is 9.91. The largest absolute Gasteiger partial charge is 0.323 e. The summed E-state index contributed by atoms with van der Waals surface area (Å²) in [5, 5.41) is 3.52. The van der Waals surface area contributed by atoms with E-state index in [-0.39, 0.29) is 17.3 Å². The second kappa shape index (κ2) is 7.69. The molecule has 152 valence electrons. The number of anilines is 1. The number of hydrogen-bond donors (Lipinski definition) is 2. The number of azide groups is 1. The van der Waals surface area contributed by atoms with Gasteiger partial charge in [-0.2, -0.15) is 0 Å². The first kappa shape index (κ1) is 20.6. The average molecular weight is 398 g/mol. The van der Waals surface area contributed by atoms with Gasteiger partial charge in [0.25, 0.3) is 5.56 Å². The molecule has 2 aromatic rings. The molecular formula is C20H23FN6O2. The molecule has 1 aromatic carbocycles. The van der Waals surface area contributed by atoms with Crippen molar-refractivity contribution in [2.24, 2.45) is 10.8 Å². The SMILES string of the molecule is C[C@H](N=[N+]=[N-])[C@H](N)C(=O)N1CC(C)(C)c2[nH]c(=O)c(Cc3ccc(F)cc3)cc21. The molecule has 1 amide bonds. The van der Waals surface area contributed by atoms with Crippen molar-refractivity contribution in [3.8, 4) is 0 Å². The fourth-order valence-corrected chi connectivity index (χ4v) is 3.54. The van der Waals surface area contributed by atoms with Crippen molar-refractivity contribution in [3.05, 3.63) is 73.8 Å². The summed E-state index contributed by atoms with van der Waals surface area (Å²) in [6.07, 6.45) is 0.298. The van der Waals surface area contributed by atoms with Crippen LogP contribution in [-0.2, 0) is 16.6 Å². The van der Waals surface area contributed by atoms with E-state index in [0.717, 1.165) is 5.56 Å². The zero-order valence-corrected chi connectivity index (χ0v) is 16.5. The van der Waals surface area contributed by atoms with E-state index in [1.165, 1.54) is 17.0 Å². The Kier molecular flexibility index (Phi) is 5.46. The first-order valence-electron chi connectivity index (χ1n) is 9.26. The van der Waals surface area contributed by atoms with E-state index in [1.807, 2.05) is 13.8 Å². The van der Waals surface area contributed by atoms with Crippen LogP contribution in [0.5, 0.6) is 0 Å². The minimum Gasteiger partial charge on any atom is -0.323 e. The summed E-state index contributed by atoms with van der Waals surface area (Å²) in [5.41, 5.74) is 16.4. The van der Waals surface area contributed by atoms with Gasteiger partial charge in [-0.25, -0.2) is 4.39 Å². The van der Waals surface area contributed by atoms with E-state index in [1.54, 1.807) is 25.1 Å². The number of fused-ring (bicyclic) bond motifs is 1. The van der Waals surface area contributed by atoms with E-state index < -0.39 is 17.5 Å². The van der Waals surface area contributed by atoms with E-state index >= 15 is 0 Å².